The summed E-state index contributed by atoms with van der Waals surface area (Å²) >= 11 is 0. The molecule has 0 spiro atoms. The van der Waals surface area contributed by atoms with E-state index in [1.807, 2.05) is 42.5 Å². The molecule has 2 N–H and O–H groups in total. The van der Waals surface area contributed by atoms with E-state index >= 15 is 0 Å². The molecule has 0 unspecified atom stereocenters. The van der Waals surface area contributed by atoms with Gasteiger partial charge in [-0.05, 0) is 23.8 Å². The summed E-state index contributed by atoms with van der Waals surface area (Å²) in [6.07, 6.45) is 5.08. The van der Waals surface area contributed by atoms with E-state index in [4.69, 9.17) is 0 Å². The summed E-state index contributed by atoms with van der Waals surface area (Å²) in [5, 5.41) is 13.1. The Morgan fingerprint density at radius 3 is 2.75 bits per heavy atom. The smallest absolute Gasteiger partial charge is 0.322 e. The first-order valence-corrected chi connectivity index (χ1v) is 7.67. The van der Waals surface area contributed by atoms with Crippen molar-refractivity contribution in [3.63, 3.8) is 0 Å². The van der Waals surface area contributed by atoms with Crippen molar-refractivity contribution in [1.82, 2.24) is 14.9 Å². The van der Waals surface area contributed by atoms with Gasteiger partial charge in [-0.3, -0.25) is 9.97 Å². The lowest BCUT2D eigenvalue weighted by Crippen LogP contribution is -2.36. The number of aliphatic hydroxyl groups excluding tert-OH is 1. The molecule has 122 valence electrons. The lowest BCUT2D eigenvalue weighted by Gasteiger charge is -2.22. The third-order valence-corrected chi connectivity index (χ3v) is 3.63. The molecule has 2 amide bonds. The summed E-state index contributed by atoms with van der Waals surface area (Å²) in [4.78, 5) is 22.5. The number of benzene rings is 1. The van der Waals surface area contributed by atoms with Gasteiger partial charge in [0.05, 0.1) is 17.8 Å². The summed E-state index contributed by atoms with van der Waals surface area (Å²) in [7, 11) is 0. The number of urea groups is 1. The van der Waals surface area contributed by atoms with Crippen LogP contribution in [0.15, 0.2) is 61.1 Å². The number of carbonyl (C=O) groups is 1. The average Bonchev–Trinajstić information content (AvgIpc) is 2.62. The monoisotopic (exact) mass is 322 g/mol. The molecule has 2 aromatic heterocycles. The number of nitrogens with one attached hydrogen (secondary N) is 1. The van der Waals surface area contributed by atoms with E-state index in [0.717, 1.165) is 16.5 Å². The predicted molar refractivity (Wildman–Crippen MR) is 92.5 cm³/mol. The molecule has 0 fully saturated rings. The zero-order valence-electron chi connectivity index (χ0n) is 13.1. The zero-order valence-corrected chi connectivity index (χ0v) is 13.1. The molecule has 6 nitrogen and oxygen atoms in total. The standard InChI is InChI=1S/C18H18N4O2/c23-11-10-22(13-14-4-2-8-19-12-14)18(24)21-16-7-1-5-15-6-3-9-20-17(15)16/h1-9,12,23H,10-11,13H2,(H,21,24). The van der Waals surface area contributed by atoms with Crippen LogP contribution in [0.1, 0.15) is 5.56 Å². The minimum atomic E-state index is -0.286. The van der Waals surface area contributed by atoms with Gasteiger partial charge in [-0.15, -0.1) is 0 Å². The lowest BCUT2D eigenvalue weighted by molar-refractivity contribution is 0.185. The molecular formula is C18H18N4O2. The van der Waals surface area contributed by atoms with Crippen molar-refractivity contribution >= 4 is 22.6 Å². The maximum absolute atomic E-state index is 12.6. The number of fused-ring (bicyclic) bond motifs is 1. The number of anilines is 1. The molecular weight excluding hydrogens is 304 g/mol. The molecule has 3 aromatic rings. The highest BCUT2D eigenvalue weighted by molar-refractivity contribution is 5.99. The second kappa shape index (κ2) is 7.52. The maximum Gasteiger partial charge on any atom is 0.322 e. The summed E-state index contributed by atoms with van der Waals surface area (Å²) in [6.45, 7) is 0.499. The number of rotatable bonds is 5. The van der Waals surface area contributed by atoms with E-state index in [0.29, 0.717) is 12.2 Å². The minimum Gasteiger partial charge on any atom is -0.395 e. The van der Waals surface area contributed by atoms with Gasteiger partial charge in [-0.1, -0.05) is 24.3 Å². The van der Waals surface area contributed by atoms with Crippen LogP contribution < -0.4 is 5.32 Å². The van der Waals surface area contributed by atoms with Gasteiger partial charge in [0.15, 0.2) is 0 Å². The van der Waals surface area contributed by atoms with Gasteiger partial charge < -0.3 is 15.3 Å². The summed E-state index contributed by atoms with van der Waals surface area (Å²) in [5.74, 6) is 0. The van der Waals surface area contributed by atoms with Gasteiger partial charge in [-0.2, -0.15) is 0 Å². The van der Waals surface area contributed by atoms with Crippen molar-refractivity contribution in [3.05, 3.63) is 66.6 Å². The highest BCUT2D eigenvalue weighted by atomic mass is 16.3. The normalized spacial score (nSPS) is 10.5. The van der Waals surface area contributed by atoms with Gasteiger partial charge in [0.25, 0.3) is 0 Å². The van der Waals surface area contributed by atoms with Crippen LogP contribution in [0.3, 0.4) is 0 Å². The minimum absolute atomic E-state index is 0.110. The van der Waals surface area contributed by atoms with Gasteiger partial charge >= 0.3 is 6.03 Å². The number of nitrogens with zero attached hydrogens (tertiary/aromatic N) is 3. The topological polar surface area (TPSA) is 78.4 Å². The second-order valence-electron chi connectivity index (χ2n) is 5.32. The largest absolute Gasteiger partial charge is 0.395 e. The van der Waals surface area contributed by atoms with Crippen molar-refractivity contribution in [2.45, 2.75) is 6.54 Å². The fraction of sp³-hybridized carbons (Fsp3) is 0.167. The highest BCUT2D eigenvalue weighted by Crippen LogP contribution is 2.21. The predicted octanol–water partition coefficient (Wildman–Crippen LogP) is 2.66. The molecule has 0 saturated heterocycles. The van der Waals surface area contributed by atoms with Crippen molar-refractivity contribution in [3.8, 4) is 0 Å². The summed E-state index contributed by atoms with van der Waals surface area (Å²) in [6, 6.07) is 12.9. The SMILES string of the molecule is O=C(Nc1cccc2cccnc12)N(CCO)Cc1cccnc1. The Bertz CT molecular complexity index is 818. The van der Waals surface area contributed by atoms with E-state index in [1.54, 1.807) is 23.5 Å². The van der Waals surface area contributed by atoms with Crippen LogP contribution in [0.4, 0.5) is 10.5 Å². The third-order valence-electron chi connectivity index (χ3n) is 3.63. The van der Waals surface area contributed by atoms with E-state index in [1.165, 1.54) is 0 Å². The van der Waals surface area contributed by atoms with Crippen LogP contribution in [-0.2, 0) is 6.54 Å². The molecule has 0 aliphatic heterocycles. The number of aliphatic hydroxyl groups is 1. The first-order chi connectivity index (χ1) is 11.8. The van der Waals surface area contributed by atoms with Gasteiger partial charge in [-0.25, -0.2) is 4.79 Å². The summed E-state index contributed by atoms with van der Waals surface area (Å²) < 4.78 is 0. The Labute approximate surface area is 139 Å². The molecule has 0 atom stereocenters. The lowest BCUT2D eigenvalue weighted by atomic mass is 10.2. The third kappa shape index (κ3) is 3.67. The quantitative estimate of drug-likeness (QED) is 0.757. The molecule has 3 rings (SSSR count). The number of para-hydroxylation sites is 1. The number of pyridine rings is 2. The first-order valence-electron chi connectivity index (χ1n) is 7.67. The molecule has 0 aliphatic carbocycles. The highest BCUT2D eigenvalue weighted by Gasteiger charge is 2.15. The van der Waals surface area contributed by atoms with Gasteiger partial charge in [0.2, 0.25) is 0 Å². The number of amides is 2. The van der Waals surface area contributed by atoms with Crippen molar-refractivity contribution < 1.29 is 9.90 Å². The number of hydrogen-bond acceptors (Lipinski definition) is 4. The molecule has 6 heteroatoms. The molecule has 24 heavy (non-hydrogen) atoms. The van der Waals surface area contributed by atoms with E-state index in [2.05, 4.69) is 15.3 Å². The number of carbonyl (C=O) groups excluding carboxylic acids is 1. The average molecular weight is 322 g/mol. The van der Waals surface area contributed by atoms with E-state index in [-0.39, 0.29) is 19.2 Å². The van der Waals surface area contributed by atoms with Gasteiger partial charge in [0, 0.05) is 37.1 Å². The fourth-order valence-corrected chi connectivity index (χ4v) is 2.48. The zero-order chi connectivity index (χ0) is 16.8. The molecule has 0 bridgehead atoms. The van der Waals surface area contributed by atoms with Crippen LogP contribution in [0.5, 0.6) is 0 Å². The fourth-order valence-electron chi connectivity index (χ4n) is 2.48. The molecule has 1 aromatic carbocycles. The Hall–Kier alpha value is -2.99. The van der Waals surface area contributed by atoms with E-state index in [9.17, 15) is 9.90 Å². The van der Waals surface area contributed by atoms with Crippen molar-refractivity contribution in [2.24, 2.45) is 0 Å². The van der Waals surface area contributed by atoms with Crippen LogP contribution in [0, 0.1) is 0 Å². The molecule has 0 aliphatic rings. The first kappa shape index (κ1) is 15.9. The Balaban J connectivity index is 1.80. The van der Waals surface area contributed by atoms with Crippen LogP contribution in [0.2, 0.25) is 0 Å². The Kier molecular flexibility index (Phi) is 4.98. The van der Waals surface area contributed by atoms with Gasteiger partial charge in [0.1, 0.15) is 0 Å². The van der Waals surface area contributed by atoms with Crippen molar-refractivity contribution in [1.29, 1.82) is 0 Å². The van der Waals surface area contributed by atoms with E-state index < -0.39 is 0 Å². The van der Waals surface area contributed by atoms with Crippen molar-refractivity contribution in [2.75, 3.05) is 18.5 Å². The number of aromatic nitrogens is 2. The molecule has 2 heterocycles. The second-order valence-corrected chi connectivity index (χ2v) is 5.32. The summed E-state index contributed by atoms with van der Waals surface area (Å²) in [5.41, 5.74) is 2.28. The molecule has 0 saturated carbocycles. The Morgan fingerprint density at radius 2 is 1.96 bits per heavy atom. The Morgan fingerprint density at radius 1 is 1.12 bits per heavy atom. The van der Waals surface area contributed by atoms with Crippen LogP contribution in [0.25, 0.3) is 10.9 Å². The maximum atomic E-state index is 12.6. The molecule has 0 radical (unpaired) electrons. The van der Waals surface area contributed by atoms with Crippen LogP contribution in [-0.4, -0.2) is 39.2 Å². The van der Waals surface area contributed by atoms with Crippen LogP contribution >= 0.6 is 0 Å². The number of hydrogen-bond donors (Lipinski definition) is 2.